The van der Waals surface area contributed by atoms with Gasteiger partial charge in [-0.15, -0.1) is 0 Å². The topological polar surface area (TPSA) is 99.7 Å². The zero-order valence-electron chi connectivity index (χ0n) is 23.7. The van der Waals surface area contributed by atoms with E-state index >= 15 is 0 Å². The first-order valence-electron chi connectivity index (χ1n) is 13.2. The van der Waals surface area contributed by atoms with Crippen LogP contribution in [0.25, 0.3) is 0 Å². The number of amides is 4. The van der Waals surface area contributed by atoms with Crippen LogP contribution in [0.2, 0.25) is 0 Å². The number of anilines is 4. The molecule has 3 rings (SSSR count). The highest BCUT2D eigenvalue weighted by Gasteiger charge is 2.24. The fourth-order valence-corrected chi connectivity index (χ4v) is 3.97. The van der Waals surface area contributed by atoms with Crippen LogP contribution in [0.1, 0.15) is 0 Å². The molecule has 42 heavy (non-hydrogen) atoms. The number of esters is 2. The molecular weight excluding hydrogens is 536 g/mol. The largest absolute Gasteiger partial charge is 0.461 e. The fraction of sp³-hybridized carbons (Fsp3) is 0.188. The minimum Gasteiger partial charge on any atom is -0.461 e. The number of carbonyl (C=O) groups excluding carboxylic acids is 4. The lowest BCUT2D eigenvalue weighted by molar-refractivity contribution is -0.138. The second-order valence-corrected chi connectivity index (χ2v) is 8.92. The third kappa shape index (κ3) is 8.31. The zero-order chi connectivity index (χ0) is 30.5. The van der Waals surface area contributed by atoms with Gasteiger partial charge in [-0.25, -0.2) is 19.2 Å². The summed E-state index contributed by atoms with van der Waals surface area (Å²) in [6.07, 6.45) is 2.13. The molecule has 4 amide bonds. The number of rotatable bonds is 12. The molecule has 0 aliphatic rings. The van der Waals surface area contributed by atoms with Crippen LogP contribution in [0.15, 0.2) is 110 Å². The molecular formula is C32H34N4O6. The molecule has 0 spiro atoms. The van der Waals surface area contributed by atoms with Crippen molar-refractivity contribution in [3.63, 3.8) is 0 Å². The van der Waals surface area contributed by atoms with Gasteiger partial charge in [-0.3, -0.25) is 19.6 Å². The van der Waals surface area contributed by atoms with Crippen LogP contribution in [0.5, 0.6) is 0 Å². The van der Waals surface area contributed by atoms with Gasteiger partial charge in [0.1, 0.15) is 13.2 Å². The summed E-state index contributed by atoms with van der Waals surface area (Å²) in [5.74, 6) is -1.15. The molecule has 10 heteroatoms. The SMILES string of the molecule is C=CC(=O)OCCN(C(=O)N(C)c1cccc(N(C)C(=O)N(CCOC(=O)C=C)c2ccccc2)c1)c1ccccc1. The molecule has 0 aromatic heterocycles. The third-order valence-corrected chi connectivity index (χ3v) is 6.23. The maximum absolute atomic E-state index is 13.6. The van der Waals surface area contributed by atoms with Gasteiger partial charge in [-0.1, -0.05) is 55.6 Å². The Labute approximate surface area is 245 Å². The van der Waals surface area contributed by atoms with Gasteiger partial charge in [-0.2, -0.15) is 0 Å². The lowest BCUT2D eigenvalue weighted by Gasteiger charge is -2.30. The van der Waals surface area contributed by atoms with Crippen LogP contribution >= 0.6 is 0 Å². The van der Waals surface area contributed by atoms with Crippen molar-refractivity contribution in [1.29, 1.82) is 0 Å². The molecule has 0 radical (unpaired) electrons. The summed E-state index contributed by atoms with van der Waals surface area (Å²) in [5.41, 5.74) is 2.32. The minimum atomic E-state index is -0.576. The standard InChI is InChI=1S/C32H34N4O6/c1-5-29(37)41-22-20-35(25-14-9-7-10-15-25)31(39)33(3)27-18-13-19-28(24-27)34(4)32(40)36(21-23-42-30(38)6-2)26-16-11-8-12-17-26/h5-19,24H,1-2,20-23H2,3-4H3. The maximum atomic E-state index is 13.6. The Morgan fingerprint density at radius 2 is 0.952 bits per heavy atom. The van der Waals surface area contributed by atoms with Gasteiger partial charge < -0.3 is 9.47 Å². The first-order chi connectivity index (χ1) is 20.3. The second-order valence-electron chi connectivity index (χ2n) is 8.92. The molecule has 0 fully saturated rings. The van der Waals surface area contributed by atoms with Gasteiger partial charge in [0.2, 0.25) is 0 Å². The van der Waals surface area contributed by atoms with Gasteiger partial charge >= 0.3 is 24.0 Å². The van der Waals surface area contributed by atoms with Crippen molar-refractivity contribution >= 4 is 46.8 Å². The summed E-state index contributed by atoms with van der Waals surface area (Å²) in [4.78, 5) is 56.3. The van der Waals surface area contributed by atoms with Crippen molar-refractivity contribution in [2.75, 3.05) is 60.0 Å². The molecule has 0 aliphatic heterocycles. The predicted molar refractivity (Wildman–Crippen MR) is 164 cm³/mol. The monoisotopic (exact) mass is 570 g/mol. The number of nitrogens with zero attached hydrogens (tertiary/aromatic N) is 4. The van der Waals surface area contributed by atoms with Crippen LogP contribution < -0.4 is 19.6 Å². The highest BCUT2D eigenvalue weighted by Crippen LogP contribution is 2.25. The third-order valence-electron chi connectivity index (χ3n) is 6.23. The Kier molecular flexibility index (Phi) is 11.4. The molecule has 0 unspecified atom stereocenters. The Hall–Kier alpha value is -5.38. The molecule has 0 N–H and O–H groups in total. The Balaban J connectivity index is 1.82. The lowest BCUT2D eigenvalue weighted by atomic mass is 10.2. The number of para-hydroxylation sites is 2. The molecule has 0 heterocycles. The van der Waals surface area contributed by atoms with Gasteiger partial charge in [0.05, 0.1) is 13.1 Å². The number of ether oxygens (including phenoxy) is 2. The predicted octanol–water partition coefficient (Wildman–Crippen LogP) is 5.27. The maximum Gasteiger partial charge on any atom is 0.330 e. The van der Waals surface area contributed by atoms with Crippen LogP contribution in [-0.4, -0.2) is 64.4 Å². The summed E-state index contributed by atoms with van der Waals surface area (Å²) in [7, 11) is 3.25. The first-order valence-corrected chi connectivity index (χ1v) is 13.2. The van der Waals surface area contributed by atoms with Crippen LogP contribution in [0, 0.1) is 0 Å². The number of benzene rings is 3. The van der Waals surface area contributed by atoms with Gasteiger partial charge in [-0.05, 0) is 42.5 Å². The zero-order valence-corrected chi connectivity index (χ0v) is 23.7. The lowest BCUT2D eigenvalue weighted by Crippen LogP contribution is -2.44. The summed E-state index contributed by atoms with van der Waals surface area (Å²) in [6.45, 7) is 6.98. The first kappa shape index (κ1) is 31.2. The van der Waals surface area contributed by atoms with E-state index in [2.05, 4.69) is 13.2 Å². The fourth-order valence-electron chi connectivity index (χ4n) is 3.97. The van der Waals surface area contributed by atoms with E-state index in [4.69, 9.17) is 9.47 Å². The number of carbonyl (C=O) groups is 4. The van der Waals surface area contributed by atoms with E-state index < -0.39 is 11.9 Å². The number of hydrogen-bond acceptors (Lipinski definition) is 6. The van der Waals surface area contributed by atoms with Crippen molar-refractivity contribution < 1.29 is 28.7 Å². The normalized spacial score (nSPS) is 10.1. The average Bonchev–Trinajstić information content (AvgIpc) is 3.04. The van der Waals surface area contributed by atoms with E-state index in [1.54, 1.807) is 62.6 Å². The van der Waals surface area contributed by atoms with E-state index in [9.17, 15) is 19.2 Å². The highest BCUT2D eigenvalue weighted by atomic mass is 16.5. The molecule has 0 saturated carbocycles. The van der Waals surface area contributed by atoms with Crippen molar-refractivity contribution in [1.82, 2.24) is 0 Å². The van der Waals surface area contributed by atoms with Crippen molar-refractivity contribution in [3.05, 3.63) is 110 Å². The van der Waals surface area contributed by atoms with E-state index in [0.717, 1.165) is 12.2 Å². The van der Waals surface area contributed by atoms with Gasteiger partial charge in [0.15, 0.2) is 0 Å². The molecule has 10 nitrogen and oxygen atoms in total. The molecule has 0 saturated heterocycles. The number of hydrogen-bond donors (Lipinski definition) is 0. The van der Waals surface area contributed by atoms with Crippen LogP contribution in [0.4, 0.5) is 32.3 Å². The van der Waals surface area contributed by atoms with Crippen molar-refractivity contribution in [2.45, 2.75) is 0 Å². The summed E-state index contributed by atoms with van der Waals surface area (Å²) in [6, 6.07) is 24.3. The Bertz CT molecular complexity index is 1290. The van der Waals surface area contributed by atoms with E-state index in [1.165, 1.54) is 19.6 Å². The quantitative estimate of drug-likeness (QED) is 0.217. The highest BCUT2D eigenvalue weighted by molar-refractivity contribution is 6.05. The molecule has 218 valence electrons. The minimum absolute atomic E-state index is 0.0198. The molecule has 3 aromatic rings. The van der Waals surface area contributed by atoms with Gasteiger partial charge in [0.25, 0.3) is 0 Å². The second kappa shape index (κ2) is 15.4. The Morgan fingerprint density at radius 1 is 0.595 bits per heavy atom. The van der Waals surface area contributed by atoms with Crippen LogP contribution in [0.3, 0.4) is 0 Å². The van der Waals surface area contributed by atoms with Crippen molar-refractivity contribution in [2.24, 2.45) is 0 Å². The number of urea groups is 2. The van der Waals surface area contributed by atoms with Crippen molar-refractivity contribution in [3.8, 4) is 0 Å². The molecule has 0 atom stereocenters. The molecule has 3 aromatic carbocycles. The van der Waals surface area contributed by atoms with E-state index in [0.29, 0.717) is 22.7 Å². The Morgan fingerprint density at radius 3 is 1.31 bits per heavy atom. The molecule has 0 bridgehead atoms. The average molecular weight is 571 g/mol. The van der Waals surface area contributed by atoms with Crippen LogP contribution in [-0.2, 0) is 19.1 Å². The van der Waals surface area contributed by atoms with E-state index in [-0.39, 0.29) is 38.4 Å². The summed E-state index contributed by atoms with van der Waals surface area (Å²) < 4.78 is 10.2. The van der Waals surface area contributed by atoms with E-state index in [1.807, 2.05) is 36.4 Å². The summed E-state index contributed by atoms with van der Waals surface area (Å²) in [5, 5.41) is 0. The van der Waals surface area contributed by atoms with Gasteiger partial charge in [0, 0.05) is 49.0 Å². The molecule has 0 aliphatic carbocycles. The summed E-state index contributed by atoms with van der Waals surface area (Å²) >= 11 is 0. The smallest absolute Gasteiger partial charge is 0.330 e.